The van der Waals surface area contributed by atoms with E-state index in [1.807, 2.05) is 0 Å². The number of hydrogen-bond acceptors (Lipinski definition) is 2. The van der Waals surface area contributed by atoms with Crippen molar-refractivity contribution in [3.63, 3.8) is 0 Å². The Morgan fingerprint density at radius 3 is 2.60 bits per heavy atom. The SMILES string of the molecule is NCC1CCCN(C(=O)C2CCC3CCCCC3C2)C1. The van der Waals surface area contributed by atoms with Gasteiger partial charge in [-0.05, 0) is 56.4 Å². The fourth-order valence-corrected chi connectivity index (χ4v) is 4.81. The molecule has 20 heavy (non-hydrogen) atoms. The predicted molar refractivity (Wildman–Crippen MR) is 81.1 cm³/mol. The third kappa shape index (κ3) is 3.03. The van der Waals surface area contributed by atoms with Crippen molar-refractivity contribution in [1.29, 1.82) is 0 Å². The summed E-state index contributed by atoms with van der Waals surface area (Å²) in [6.45, 7) is 2.62. The van der Waals surface area contributed by atoms with Crippen molar-refractivity contribution in [3.8, 4) is 0 Å². The van der Waals surface area contributed by atoms with Crippen LogP contribution in [0.2, 0.25) is 0 Å². The first-order chi connectivity index (χ1) is 9.78. The number of nitrogens with two attached hydrogens (primary N) is 1. The van der Waals surface area contributed by atoms with E-state index in [9.17, 15) is 4.79 Å². The molecule has 2 saturated carbocycles. The lowest BCUT2D eigenvalue weighted by atomic mass is 9.67. The lowest BCUT2D eigenvalue weighted by molar-refractivity contribution is -0.139. The van der Waals surface area contributed by atoms with E-state index in [-0.39, 0.29) is 0 Å². The molecule has 4 atom stereocenters. The lowest BCUT2D eigenvalue weighted by Gasteiger charge is -2.41. The molecular weight excluding hydrogens is 248 g/mol. The van der Waals surface area contributed by atoms with Crippen LogP contribution in [0.4, 0.5) is 0 Å². The minimum absolute atomic E-state index is 0.325. The maximum absolute atomic E-state index is 12.8. The highest BCUT2D eigenvalue weighted by Crippen LogP contribution is 2.43. The molecule has 0 spiro atoms. The number of carbonyl (C=O) groups is 1. The first kappa shape index (κ1) is 14.4. The Balaban J connectivity index is 1.57. The van der Waals surface area contributed by atoms with Crippen LogP contribution in [0.15, 0.2) is 0 Å². The molecule has 114 valence electrons. The Morgan fingerprint density at radius 1 is 1.00 bits per heavy atom. The average Bonchev–Trinajstić information content (AvgIpc) is 2.53. The smallest absolute Gasteiger partial charge is 0.225 e. The van der Waals surface area contributed by atoms with Gasteiger partial charge in [0.15, 0.2) is 0 Å². The third-order valence-corrected chi connectivity index (χ3v) is 6.05. The van der Waals surface area contributed by atoms with Gasteiger partial charge in [-0.3, -0.25) is 4.79 Å². The number of hydrogen-bond donors (Lipinski definition) is 1. The maximum Gasteiger partial charge on any atom is 0.225 e. The molecule has 0 aromatic rings. The van der Waals surface area contributed by atoms with Crippen molar-refractivity contribution >= 4 is 5.91 Å². The van der Waals surface area contributed by atoms with Crippen molar-refractivity contribution in [2.75, 3.05) is 19.6 Å². The summed E-state index contributed by atoms with van der Waals surface area (Å²) < 4.78 is 0. The molecule has 1 saturated heterocycles. The Labute approximate surface area is 123 Å². The van der Waals surface area contributed by atoms with Crippen LogP contribution in [0.5, 0.6) is 0 Å². The van der Waals surface area contributed by atoms with Crippen LogP contribution in [0.1, 0.15) is 57.8 Å². The van der Waals surface area contributed by atoms with E-state index >= 15 is 0 Å². The zero-order valence-electron chi connectivity index (χ0n) is 12.7. The molecule has 0 bridgehead atoms. The number of likely N-dealkylation sites (tertiary alicyclic amines) is 1. The lowest BCUT2D eigenvalue weighted by Crippen LogP contribution is -2.46. The molecule has 3 aliphatic rings. The number of fused-ring (bicyclic) bond motifs is 1. The summed E-state index contributed by atoms with van der Waals surface area (Å²) in [5, 5.41) is 0. The highest BCUT2D eigenvalue weighted by Gasteiger charge is 2.37. The van der Waals surface area contributed by atoms with E-state index in [0.717, 1.165) is 44.3 Å². The Hall–Kier alpha value is -0.570. The second-order valence-corrected chi connectivity index (χ2v) is 7.34. The number of piperidine rings is 1. The first-order valence-electron chi connectivity index (χ1n) is 8.76. The van der Waals surface area contributed by atoms with Crippen LogP contribution in [0.3, 0.4) is 0 Å². The van der Waals surface area contributed by atoms with Gasteiger partial charge >= 0.3 is 0 Å². The third-order valence-electron chi connectivity index (χ3n) is 6.05. The molecule has 3 fully saturated rings. The minimum Gasteiger partial charge on any atom is -0.342 e. The van der Waals surface area contributed by atoms with E-state index in [1.165, 1.54) is 44.9 Å². The van der Waals surface area contributed by atoms with Gasteiger partial charge in [-0.25, -0.2) is 0 Å². The van der Waals surface area contributed by atoms with Crippen LogP contribution in [-0.2, 0) is 4.79 Å². The first-order valence-corrected chi connectivity index (χ1v) is 8.76. The quantitative estimate of drug-likeness (QED) is 0.844. The molecule has 1 heterocycles. The molecule has 0 aromatic carbocycles. The summed E-state index contributed by atoms with van der Waals surface area (Å²) in [5.74, 6) is 3.10. The Morgan fingerprint density at radius 2 is 1.80 bits per heavy atom. The van der Waals surface area contributed by atoms with E-state index in [1.54, 1.807) is 0 Å². The molecule has 0 radical (unpaired) electrons. The number of amides is 1. The highest BCUT2D eigenvalue weighted by molar-refractivity contribution is 5.79. The van der Waals surface area contributed by atoms with E-state index in [4.69, 9.17) is 5.73 Å². The van der Waals surface area contributed by atoms with Crippen LogP contribution in [-0.4, -0.2) is 30.4 Å². The van der Waals surface area contributed by atoms with Gasteiger partial charge < -0.3 is 10.6 Å². The van der Waals surface area contributed by atoms with Gasteiger partial charge in [0.05, 0.1) is 0 Å². The summed E-state index contributed by atoms with van der Waals surface area (Å²) in [7, 11) is 0. The molecule has 3 rings (SSSR count). The topological polar surface area (TPSA) is 46.3 Å². The van der Waals surface area contributed by atoms with Crippen molar-refractivity contribution in [2.24, 2.45) is 29.4 Å². The fraction of sp³-hybridized carbons (Fsp3) is 0.941. The highest BCUT2D eigenvalue weighted by atomic mass is 16.2. The van der Waals surface area contributed by atoms with Gasteiger partial charge in [0, 0.05) is 19.0 Å². The van der Waals surface area contributed by atoms with Gasteiger partial charge in [0.1, 0.15) is 0 Å². The summed E-state index contributed by atoms with van der Waals surface area (Å²) in [6.07, 6.45) is 11.6. The molecule has 1 aliphatic heterocycles. The van der Waals surface area contributed by atoms with Gasteiger partial charge in [-0.2, -0.15) is 0 Å². The zero-order valence-corrected chi connectivity index (χ0v) is 12.7. The van der Waals surface area contributed by atoms with Crippen molar-refractivity contribution in [2.45, 2.75) is 57.8 Å². The van der Waals surface area contributed by atoms with E-state index < -0.39 is 0 Å². The van der Waals surface area contributed by atoms with Crippen molar-refractivity contribution < 1.29 is 4.79 Å². The summed E-state index contributed by atoms with van der Waals surface area (Å²) >= 11 is 0. The van der Waals surface area contributed by atoms with E-state index in [0.29, 0.717) is 17.7 Å². The standard InChI is InChI=1S/C17H30N2O/c18-11-13-4-3-9-19(12-13)17(20)16-8-7-14-5-1-2-6-15(14)10-16/h13-16H,1-12,18H2. The number of rotatable bonds is 2. The molecule has 3 heteroatoms. The monoisotopic (exact) mass is 278 g/mol. The van der Waals surface area contributed by atoms with Crippen molar-refractivity contribution in [3.05, 3.63) is 0 Å². The molecule has 1 amide bonds. The zero-order chi connectivity index (χ0) is 13.9. The fourth-order valence-electron chi connectivity index (χ4n) is 4.81. The summed E-state index contributed by atoms with van der Waals surface area (Å²) in [6, 6.07) is 0. The Kier molecular flexibility index (Phi) is 4.65. The van der Waals surface area contributed by atoms with Crippen LogP contribution < -0.4 is 5.73 Å². The van der Waals surface area contributed by atoms with Gasteiger partial charge in [0.2, 0.25) is 5.91 Å². The summed E-state index contributed by atoms with van der Waals surface area (Å²) in [5.41, 5.74) is 5.79. The van der Waals surface area contributed by atoms with E-state index in [2.05, 4.69) is 4.90 Å². The maximum atomic E-state index is 12.8. The molecule has 2 aliphatic carbocycles. The number of nitrogens with zero attached hydrogens (tertiary/aromatic N) is 1. The molecular formula is C17H30N2O. The molecule has 3 nitrogen and oxygen atoms in total. The van der Waals surface area contributed by atoms with Crippen LogP contribution in [0.25, 0.3) is 0 Å². The molecule has 2 N–H and O–H groups in total. The van der Waals surface area contributed by atoms with Crippen LogP contribution in [0, 0.1) is 23.7 Å². The number of carbonyl (C=O) groups excluding carboxylic acids is 1. The normalized spacial score (nSPS) is 38.4. The Bertz CT molecular complexity index is 344. The molecule has 0 aromatic heterocycles. The minimum atomic E-state index is 0.325. The molecule has 4 unspecified atom stereocenters. The van der Waals surface area contributed by atoms with Gasteiger partial charge in [-0.15, -0.1) is 0 Å². The van der Waals surface area contributed by atoms with Gasteiger partial charge in [0.25, 0.3) is 0 Å². The second-order valence-electron chi connectivity index (χ2n) is 7.34. The van der Waals surface area contributed by atoms with Gasteiger partial charge in [-0.1, -0.05) is 25.7 Å². The average molecular weight is 278 g/mol. The van der Waals surface area contributed by atoms with Crippen LogP contribution >= 0.6 is 0 Å². The summed E-state index contributed by atoms with van der Waals surface area (Å²) in [4.78, 5) is 14.9. The largest absolute Gasteiger partial charge is 0.342 e. The second kappa shape index (κ2) is 6.46. The predicted octanol–water partition coefficient (Wildman–Crippen LogP) is 2.79. The van der Waals surface area contributed by atoms with Crippen molar-refractivity contribution in [1.82, 2.24) is 4.90 Å².